The minimum absolute atomic E-state index is 0.0810. The summed E-state index contributed by atoms with van der Waals surface area (Å²) in [6.07, 6.45) is 1.59. The van der Waals surface area contributed by atoms with Gasteiger partial charge >= 0.3 is 0 Å². The van der Waals surface area contributed by atoms with Crippen LogP contribution >= 0.6 is 0 Å². The number of pyridine rings is 1. The fourth-order valence-corrected chi connectivity index (χ4v) is 0.952. The zero-order chi connectivity index (χ0) is 10.6. The minimum atomic E-state index is -0.399. The molecule has 0 amide bonds. The molecule has 0 N–H and O–H groups in total. The first-order valence-electron chi connectivity index (χ1n) is 4.49. The summed E-state index contributed by atoms with van der Waals surface area (Å²) in [4.78, 5) is 5.82. The molecule has 1 aromatic rings. The molecule has 0 aliphatic heterocycles. The molecule has 14 heavy (non-hydrogen) atoms. The normalized spacial score (nSPS) is 10.6. The molecule has 0 radical (unpaired) electrons. The molecular weight excluding hydrogens is 183 g/mol. The van der Waals surface area contributed by atoms with Crippen LogP contribution in [0.3, 0.4) is 0 Å². The predicted octanol–water partition coefficient (Wildman–Crippen LogP) is 1.47. The number of aryl methyl sites for hydroxylation is 1. The third-order valence-electron chi connectivity index (χ3n) is 1.72. The van der Waals surface area contributed by atoms with E-state index in [1.807, 2.05) is 19.0 Å². The van der Waals surface area contributed by atoms with Crippen molar-refractivity contribution in [3.63, 3.8) is 0 Å². The highest BCUT2D eigenvalue weighted by molar-refractivity contribution is 5.18. The number of nitrogens with zero attached hydrogens (tertiary/aromatic N) is 2. The maximum Gasteiger partial charge on any atom is 0.250 e. The summed E-state index contributed by atoms with van der Waals surface area (Å²) in [5.41, 5.74) is 0.794. The summed E-state index contributed by atoms with van der Waals surface area (Å²) >= 11 is 0. The first-order valence-corrected chi connectivity index (χ1v) is 4.49. The third kappa shape index (κ3) is 3.30. The van der Waals surface area contributed by atoms with E-state index >= 15 is 0 Å². The molecule has 1 aromatic heterocycles. The van der Waals surface area contributed by atoms with Crippen LogP contribution in [0.25, 0.3) is 0 Å². The molecule has 0 saturated heterocycles. The van der Waals surface area contributed by atoms with Gasteiger partial charge in [0, 0.05) is 12.7 Å². The van der Waals surface area contributed by atoms with Gasteiger partial charge in [-0.3, -0.25) is 0 Å². The summed E-state index contributed by atoms with van der Waals surface area (Å²) < 4.78 is 18.3. The summed E-state index contributed by atoms with van der Waals surface area (Å²) in [5.74, 6) is -0.318. The molecule has 1 heterocycles. The Labute approximate surface area is 83.5 Å². The molecule has 0 unspecified atom stereocenters. The lowest BCUT2D eigenvalue weighted by atomic mass is 10.3. The van der Waals surface area contributed by atoms with E-state index in [1.54, 1.807) is 13.1 Å². The molecular formula is C10H15FN2O. The van der Waals surface area contributed by atoms with Gasteiger partial charge in [-0.2, -0.15) is 0 Å². The first kappa shape index (κ1) is 10.9. The van der Waals surface area contributed by atoms with Gasteiger partial charge in [0.15, 0.2) is 5.82 Å². The number of aromatic nitrogens is 1. The van der Waals surface area contributed by atoms with E-state index in [-0.39, 0.29) is 5.88 Å². The van der Waals surface area contributed by atoms with Gasteiger partial charge in [-0.25, -0.2) is 9.37 Å². The van der Waals surface area contributed by atoms with Crippen LogP contribution < -0.4 is 4.74 Å². The second-order valence-corrected chi connectivity index (χ2v) is 3.45. The smallest absolute Gasteiger partial charge is 0.250 e. The monoisotopic (exact) mass is 198 g/mol. The maximum absolute atomic E-state index is 13.2. The van der Waals surface area contributed by atoms with E-state index in [0.29, 0.717) is 6.61 Å². The molecule has 78 valence electrons. The standard InChI is InChI=1S/C10H15FN2O/c1-8-6-9(11)10(12-7-8)14-5-4-13(2)3/h6-7H,4-5H2,1-3H3. The molecule has 0 aliphatic carbocycles. The van der Waals surface area contributed by atoms with E-state index in [0.717, 1.165) is 12.1 Å². The Kier molecular flexibility index (Phi) is 3.83. The lowest BCUT2D eigenvalue weighted by molar-refractivity contribution is 0.244. The van der Waals surface area contributed by atoms with Crippen molar-refractivity contribution in [2.24, 2.45) is 0 Å². The second kappa shape index (κ2) is 4.91. The van der Waals surface area contributed by atoms with Gasteiger partial charge in [0.25, 0.3) is 0 Å². The maximum atomic E-state index is 13.2. The van der Waals surface area contributed by atoms with E-state index in [4.69, 9.17) is 4.74 Å². The van der Waals surface area contributed by atoms with E-state index in [2.05, 4.69) is 4.98 Å². The molecule has 0 aliphatic rings. The largest absolute Gasteiger partial charge is 0.474 e. The molecule has 1 rings (SSSR count). The first-order chi connectivity index (χ1) is 6.59. The Morgan fingerprint density at radius 2 is 2.21 bits per heavy atom. The highest BCUT2D eigenvalue weighted by Crippen LogP contribution is 2.13. The van der Waals surface area contributed by atoms with Crippen LogP contribution in [0, 0.1) is 12.7 Å². The molecule has 0 aromatic carbocycles. The van der Waals surface area contributed by atoms with Crippen LogP contribution in [0.2, 0.25) is 0 Å². The fraction of sp³-hybridized carbons (Fsp3) is 0.500. The number of likely N-dealkylation sites (N-methyl/N-ethyl adjacent to an activating group) is 1. The molecule has 0 fully saturated rings. The highest BCUT2D eigenvalue weighted by Gasteiger charge is 2.04. The summed E-state index contributed by atoms with van der Waals surface area (Å²) in [6, 6.07) is 1.41. The molecule has 3 nitrogen and oxygen atoms in total. The van der Waals surface area contributed by atoms with Gasteiger partial charge in [0.1, 0.15) is 6.61 Å². The fourth-order valence-electron chi connectivity index (χ4n) is 0.952. The van der Waals surface area contributed by atoms with Crippen molar-refractivity contribution in [1.29, 1.82) is 0 Å². The van der Waals surface area contributed by atoms with Crippen molar-refractivity contribution < 1.29 is 9.13 Å². The van der Waals surface area contributed by atoms with E-state index in [9.17, 15) is 4.39 Å². The Morgan fingerprint density at radius 3 is 2.79 bits per heavy atom. The van der Waals surface area contributed by atoms with Gasteiger partial charge in [-0.05, 0) is 32.6 Å². The van der Waals surface area contributed by atoms with Crippen molar-refractivity contribution in [2.75, 3.05) is 27.2 Å². The number of hydrogen-bond acceptors (Lipinski definition) is 3. The summed E-state index contributed by atoms with van der Waals surface area (Å²) in [6.45, 7) is 2.98. The third-order valence-corrected chi connectivity index (χ3v) is 1.72. The zero-order valence-corrected chi connectivity index (χ0v) is 8.75. The van der Waals surface area contributed by atoms with Crippen molar-refractivity contribution >= 4 is 0 Å². The van der Waals surface area contributed by atoms with Crippen LogP contribution in [0.5, 0.6) is 5.88 Å². The number of hydrogen-bond donors (Lipinski definition) is 0. The molecule has 4 heteroatoms. The van der Waals surface area contributed by atoms with Gasteiger partial charge in [0.05, 0.1) is 0 Å². The lowest BCUT2D eigenvalue weighted by Gasteiger charge is -2.10. The quantitative estimate of drug-likeness (QED) is 0.732. The Hall–Kier alpha value is -1.16. The second-order valence-electron chi connectivity index (χ2n) is 3.45. The Bertz CT molecular complexity index is 302. The Balaban J connectivity index is 2.51. The van der Waals surface area contributed by atoms with Crippen molar-refractivity contribution in [3.8, 4) is 5.88 Å². The number of ether oxygens (including phenoxy) is 1. The number of rotatable bonds is 4. The van der Waals surface area contributed by atoms with Crippen molar-refractivity contribution in [3.05, 3.63) is 23.6 Å². The molecule has 0 spiro atoms. The summed E-state index contributed by atoms with van der Waals surface area (Å²) in [5, 5.41) is 0. The number of halogens is 1. The SMILES string of the molecule is Cc1cnc(OCCN(C)C)c(F)c1. The van der Waals surface area contributed by atoms with Crippen LogP contribution in [-0.4, -0.2) is 37.1 Å². The highest BCUT2D eigenvalue weighted by atomic mass is 19.1. The molecule has 0 bridgehead atoms. The molecule has 0 saturated carbocycles. The van der Waals surface area contributed by atoms with E-state index < -0.39 is 5.82 Å². The minimum Gasteiger partial charge on any atom is -0.474 e. The lowest BCUT2D eigenvalue weighted by Crippen LogP contribution is -2.20. The van der Waals surface area contributed by atoms with Gasteiger partial charge < -0.3 is 9.64 Å². The van der Waals surface area contributed by atoms with Crippen LogP contribution in [0.1, 0.15) is 5.56 Å². The zero-order valence-electron chi connectivity index (χ0n) is 8.75. The van der Waals surface area contributed by atoms with Crippen LogP contribution in [0.4, 0.5) is 4.39 Å². The molecule has 0 atom stereocenters. The van der Waals surface area contributed by atoms with E-state index in [1.165, 1.54) is 6.07 Å². The van der Waals surface area contributed by atoms with Crippen molar-refractivity contribution in [1.82, 2.24) is 9.88 Å². The van der Waals surface area contributed by atoms with Gasteiger partial charge in [-0.15, -0.1) is 0 Å². The Morgan fingerprint density at radius 1 is 1.50 bits per heavy atom. The van der Waals surface area contributed by atoms with Gasteiger partial charge in [0.2, 0.25) is 5.88 Å². The van der Waals surface area contributed by atoms with Crippen LogP contribution in [-0.2, 0) is 0 Å². The predicted molar refractivity (Wildman–Crippen MR) is 53.0 cm³/mol. The van der Waals surface area contributed by atoms with Gasteiger partial charge in [-0.1, -0.05) is 0 Å². The topological polar surface area (TPSA) is 25.4 Å². The average Bonchev–Trinajstić information content (AvgIpc) is 2.08. The summed E-state index contributed by atoms with van der Waals surface area (Å²) in [7, 11) is 3.87. The van der Waals surface area contributed by atoms with Crippen LogP contribution in [0.15, 0.2) is 12.3 Å². The van der Waals surface area contributed by atoms with Crippen molar-refractivity contribution in [2.45, 2.75) is 6.92 Å². The average molecular weight is 198 g/mol.